The van der Waals surface area contributed by atoms with E-state index in [4.69, 9.17) is 15.6 Å². The molecule has 4 N–H and O–H groups in total. The van der Waals surface area contributed by atoms with Crippen molar-refractivity contribution in [2.24, 2.45) is 0 Å². The van der Waals surface area contributed by atoms with Crippen molar-refractivity contribution < 1.29 is 19.4 Å². The molecule has 0 aliphatic rings. The Kier molecular flexibility index (Phi) is 4.33. The molecular formula is C11H14N2O4. The first kappa shape index (κ1) is 12.8. The molecule has 0 atom stereocenters. The molecule has 0 fully saturated rings. The van der Waals surface area contributed by atoms with Crippen LogP contribution >= 0.6 is 0 Å². The van der Waals surface area contributed by atoms with Gasteiger partial charge in [0.15, 0.2) is 0 Å². The number of ether oxygens (including phenoxy) is 1. The van der Waals surface area contributed by atoms with Crippen LogP contribution in [0.1, 0.15) is 16.8 Å². The first-order valence-electron chi connectivity index (χ1n) is 4.98. The lowest BCUT2D eigenvalue weighted by atomic mass is 10.1. The minimum Gasteiger partial charge on any atom is -0.495 e. The maximum absolute atomic E-state index is 11.6. The number of benzene rings is 1. The zero-order valence-electron chi connectivity index (χ0n) is 9.40. The molecule has 0 spiro atoms. The van der Waals surface area contributed by atoms with Gasteiger partial charge in [0.05, 0.1) is 19.2 Å². The molecule has 0 aromatic heterocycles. The second-order valence-electron chi connectivity index (χ2n) is 3.36. The van der Waals surface area contributed by atoms with E-state index in [0.29, 0.717) is 17.0 Å². The van der Waals surface area contributed by atoms with E-state index in [1.165, 1.54) is 13.2 Å². The Labute approximate surface area is 98.4 Å². The summed E-state index contributed by atoms with van der Waals surface area (Å²) in [5, 5.41) is 10.9. The fourth-order valence-electron chi connectivity index (χ4n) is 1.26. The Hall–Kier alpha value is -2.24. The number of carboxylic acids is 1. The van der Waals surface area contributed by atoms with Crippen LogP contribution in [0.25, 0.3) is 0 Å². The van der Waals surface area contributed by atoms with Crippen molar-refractivity contribution in [3.8, 4) is 5.75 Å². The summed E-state index contributed by atoms with van der Waals surface area (Å²) in [6.45, 7) is 0.0834. The number of amides is 1. The fourth-order valence-corrected chi connectivity index (χ4v) is 1.26. The molecule has 1 aromatic carbocycles. The van der Waals surface area contributed by atoms with Crippen LogP contribution in [0.2, 0.25) is 0 Å². The van der Waals surface area contributed by atoms with Crippen LogP contribution in [-0.4, -0.2) is 30.6 Å². The molecule has 0 aliphatic carbocycles. The van der Waals surface area contributed by atoms with Gasteiger partial charge in [-0.15, -0.1) is 0 Å². The third-order valence-corrected chi connectivity index (χ3v) is 2.12. The molecule has 6 heteroatoms. The quantitative estimate of drug-likeness (QED) is 0.648. The highest BCUT2D eigenvalue weighted by atomic mass is 16.5. The van der Waals surface area contributed by atoms with E-state index in [9.17, 15) is 9.59 Å². The van der Waals surface area contributed by atoms with Crippen molar-refractivity contribution >= 4 is 17.6 Å². The lowest BCUT2D eigenvalue weighted by molar-refractivity contribution is -0.136. The number of anilines is 1. The van der Waals surface area contributed by atoms with E-state index in [1.807, 2.05) is 0 Å². The van der Waals surface area contributed by atoms with Gasteiger partial charge in [0.25, 0.3) is 5.91 Å². The standard InChI is InChI=1S/C11H14N2O4/c1-17-9-3-2-7(6-8(9)12)11(16)13-5-4-10(14)15/h2-3,6H,4-5,12H2,1H3,(H,13,16)(H,14,15). The van der Waals surface area contributed by atoms with Gasteiger partial charge in [-0.3, -0.25) is 9.59 Å². The van der Waals surface area contributed by atoms with Gasteiger partial charge in [0.2, 0.25) is 0 Å². The molecule has 0 heterocycles. The van der Waals surface area contributed by atoms with E-state index in [1.54, 1.807) is 12.1 Å². The second kappa shape index (κ2) is 5.74. The van der Waals surface area contributed by atoms with Crippen molar-refractivity contribution in [3.63, 3.8) is 0 Å². The number of methoxy groups -OCH3 is 1. The zero-order chi connectivity index (χ0) is 12.8. The number of nitrogens with two attached hydrogens (primary N) is 1. The maximum atomic E-state index is 11.6. The van der Waals surface area contributed by atoms with Gasteiger partial charge in [-0.2, -0.15) is 0 Å². The Balaban J connectivity index is 2.63. The SMILES string of the molecule is COc1ccc(C(=O)NCCC(=O)O)cc1N. The van der Waals surface area contributed by atoms with Crippen molar-refractivity contribution in [1.29, 1.82) is 0 Å². The highest BCUT2D eigenvalue weighted by Crippen LogP contribution is 2.21. The minimum atomic E-state index is -0.959. The molecule has 1 aromatic rings. The van der Waals surface area contributed by atoms with E-state index >= 15 is 0 Å². The fraction of sp³-hybridized carbons (Fsp3) is 0.273. The molecule has 1 rings (SSSR count). The van der Waals surface area contributed by atoms with Gasteiger partial charge in [-0.05, 0) is 18.2 Å². The predicted molar refractivity (Wildman–Crippen MR) is 62.0 cm³/mol. The summed E-state index contributed by atoms with van der Waals surface area (Å²) < 4.78 is 4.96. The smallest absolute Gasteiger partial charge is 0.305 e. The van der Waals surface area contributed by atoms with Crippen LogP contribution in [0.15, 0.2) is 18.2 Å². The van der Waals surface area contributed by atoms with E-state index in [-0.39, 0.29) is 18.9 Å². The van der Waals surface area contributed by atoms with Crippen molar-refractivity contribution in [3.05, 3.63) is 23.8 Å². The number of nitrogens with one attached hydrogen (secondary N) is 1. The summed E-state index contributed by atoms with van der Waals surface area (Å²) in [6, 6.07) is 4.63. The molecule has 92 valence electrons. The van der Waals surface area contributed by atoms with E-state index in [0.717, 1.165) is 0 Å². The van der Waals surface area contributed by atoms with Crippen LogP contribution in [-0.2, 0) is 4.79 Å². The van der Waals surface area contributed by atoms with E-state index in [2.05, 4.69) is 5.32 Å². The van der Waals surface area contributed by atoms with Crippen LogP contribution in [0.4, 0.5) is 5.69 Å². The third-order valence-electron chi connectivity index (χ3n) is 2.12. The van der Waals surface area contributed by atoms with Gasteiger partial charge >= 0.3 is 5.97 Å². The van der Waals surface area contributed by atoms with Crippen molar-refractivity contribution in [2.75, 3.05) is 19.4 Å². The Morgan fingerprint density at radius 2 is 2.18 bits per heavy atom. The number of aliphatic carboxylic acids is 1. The first-order chi connectivity index (χ1) is 8.04. The average molecular weight is 238 g/mol. The molecule has 0 aliphatic heterocycles. The topological polar surface area (TPSA) is 102 Å². The lowest BCUT2D eigenvalue weighted by Gasteiger charge is -2.07. The molecule has 0 saturated heterocycles. The normalized spacial score (nSPS) is 9.71. The predicted octanol–water partition coefficient (Wildman–Crippen LogP) is 0.482. The number of carboxylic acid groups (broad SMARTS) is 1. The molecular weight excluding hydrogens is 224 g/mol. The highest BCUT2D eigenvalue weighted by Gasteiger charge is 2.08. The largest absolute Gasteiger partial charge is 0.495 e. The van der Waals surface area contributed by atoms with E-state index < -0.39 is 5.97 Å². The van der Waals surface area contributed by atoms with Crippen molar-refractivity contribution in [1.82, 2.24) is 5.32 Å². The summed E-state index contributed by atoms with van der Waals surface area (Å²) >= 11 is 0. The lowest BCUT2D eigenvalue weighted by Crippen LogP contribution is -2.26. The Morgan fingerprint density at radius 1 is 1.47 bits per heavy atom. The van der Waals surface area contributed by atoms with Gasteiger partial charge < -0.3 is 20.9 Å². The molecule has 0 bridgehead atoms. The van der Waals surface area contributed by atoms with Gasteiger partial charge in [-0.25, -0.2) is 0 Å². The first-order valence-corrected chi connectivity index (χ1v) is 4.98. The molecule has 0 unspecified atom stereocenters. The van der Waals surface area contributed by atoms with Crippen molar-refractivity contribution in [2.45, 2.75) is 6.42 Å². The highest BCUT2D eigenvalue weighted by molar-refractivity contribution is 5.95. The number of carbonyl (C=O) groups is 2. The van der Waals surface area contributed by atoms with Crippen LogP contribution in [0.3, 0.4) is 0 Å². The average Bonchev–Trinajstić information content (AvgIpc) is 2.28. The molecule has 0 radical (unpaired) electrons. The van der Waals surface area contributed by atoms with Gasteiger partial charge in [0.1, 0.15) is 5.75 Å². The number of hydrogen-bond donors (Lipinski definition) is 3. The van der Waals surface area contributed by atoms with Gasteiger partial charge in [-0.1, -0.05) is 0 Å². The number of carbonyl (C=O) groups excluding carboxylic acids is 1. The van der Waals surface area contributed by atoms with Crippen LogP contribution in [0.5, 0.6) is 5.75 Å². The molecule has 17 heavy (non-hydrogen) atoms. The summed E-state index contributed by atoms with van der Waals surface area (Å²) in [4.78, 5) is 21.8. The second-order valence-corrected chi connectivity index (χ2v) is 3.36. The number of rotatable bonds is 5. The Morgan fingerprint density at radius 3 is 2.71 bits per heavy atom. The zero-order valence-corrected chi connectivity index (χ0v) is 9.40. The number of nitrogen functional groups attached to an aromatic ring is 1. The minimum absolute atomic E-state index is 0.0834. The third kappa shape index (κ3) is 3.67. The summed E-state index contributed by atoms with van der Waals surface area (Å²) in [5.41, 5.74) is 6.38. The monoisotopic (exact) mass is 238 g/mol. The molecule has 6 nitrogen and oxygen atoms in total. The summed E-state index contributed by atoms with van der Waals surface area (Å²) in [5.74, 6) is -0.827. The molecule has 1 amide bonds. The van der Waals surface area contributed by atoms with Crippen LogP contribution < -0.4 is 15.8 Å². The van der Waals surface area contributed by atoms with Crippen LogP contribution in [0, 0.1) is 0 Å². The maximum Gasteiger partial charge on any atom is 0.305 e. The van der Waals surface area contributed by atoms with Gasteiger partial charge in [0, 0.05) is 12.1 Å². The summed E-state index contributed by atoms with van der Waals surface area (Å²) in [6.07, 6.45) is -0.114. The Bertz CT molecular complexity index is 431. The molecule has 0 saturated carbocycles. The summed E-state index contributed by atoms with van der Waals surface area (Å²) in [7, 11) is 1.48. The number of hydrogen-bond acceptors (Lipinski definition) is 4.